The Morgan fingerprint density at radius 2 is 1.83 bits per heavy atom. The first-order valence-electron chi connectivity index (χ1n) is 3.34. The summed E-state index contributed by atoms with van der Waals surface area (Å²) in [6, 6.07) is 0. The Morgan fingerprint density at radius 3 is 2.17 bits per heavy atom. The fraction of sp³-hybridized carbons (Fsp3) is 1.00. The molecule has 0 aromatic heterocycles. The van der Waals surface area contributed by atoms with Crippen molar-refractivity contribution in [3.05, 3.63) is 0 Å². The normalized spacial score (nSPS) is 11.5. The number of halogens is 3. The van der Waals surface area contributed by atoms with E-state index in [1.165, 1.54) is 11.9 Å². The molecule has 1 nitrogen and oxygen atoms in total. The maximum Gasteiger partial charge on any atom is 1.00 e. The molecule has 0 N–H and O–H groups in total. The minimum Gasteiger partial charge on any atom is -0.448 e. The second kappa shape index (κ2) is 8.14. The van der Waals surface area contributed by atoms with Crippen molar-refractivity contribution in [2.45, 2.75) is 0 Å². The molecule has 0 rings (SSSR count). The van der Waals surface area contributed by atoms with Crippen LogP contribution in [0.1, 0.15) is 0 Å². The van der Waals surface area contributed by atoms with Crippen LogP contribution < -0.4 is 51.4 Å². The molecule has 0 saturated heterocycles. The molecule has 0 radical (unpaired) electrons. The van der Waals surface area contributed by atoms with Gasteiger partial charge in [0, 0.05) is 12.3 Å². The van der Waals surface area contributed by atoms with E-state index in [9.17, 15) is 12.9 Å². The van der Waals surface area contributed by atoms with E-state index in [1.807, 2.05) is 6.26 Å². The third kappa shape index (κ3) is 11.8. The Labute approximate surface area is 118 Å². The summed E-state index contributed by atoms with van der Waals surface area (Å²) in [5.41, 5.74) is 0. The Morgan fingerprint density at radius 1 is 1.33 bits per heavy atom. The summed E-state index contributed by atoms with van der Waals surface area (Å²) in [6.45, 7) is -4.14. The zero-order valence-electron chi connectivity index (χ0n) is 7.69. The second-order valence-corrected chi connectivity index (χ2v) is 3.45. The zero-order chi connectivity index (χ0) is 8.91. The zero-order valence-corrected chi connectivity index (χ0v) is 11.6. The van der Waals surface area contributed by atoms with Gasteiger partial charge in [0.25, 0.3) is 0 Å². The molecule has 0 atom stereocenters. The molecule has 68 valence electrons. The van der Waals surface area contributed by atoms with Crippen molar-refractivity contribution in [3.8, 4) is 0 Å². The molecule has 0 aromatic rings. The Kier molecular flexibility index (Phi) is 11.0. The first kappa shape index (κ1) is 16.2. The van der Waals surface area contributed by atoms with Crippen molar-refractivity contribution in [2.75, 3.05) is 32.0 Å². The van der Waals surface area contributed by atoms with Gasteiger partial charge in [0.2, 0.25) is 0 Å². The SMILES string of the molecule is CSCCN(C)C[B-](F)(F)F.[K+]. The minimum absolute atomic E-state index is 0. The quantitative estimate of drug-likeness (QED) is 0.533. The van der Waals surface area contributed by atoms with Gasteiger partial charge >= 0.3 is 58.4 Å². The van der Waals surface area contributed by atoms with Crippen LogP contribution in [0.3, 0.4) is 0 Å². The fourth-order valence-corrected chi connectivity index (χ4v) is 1.19. The molecule has 0 aromatic carbocycles. The molecule has 0 bridgehead atoms. The van der Waals surface area contributed by atoms with Gasteiger partial charge in [0.15, 0.2) is 0 Å². The van der Waals surface area contributed by atoms with Gasteiger partial charge in [-0.2, -0.15) is 11.8 Å². The fourth-order valence-electron chi connectivity index (χ4n) is 0.692. The molecular formula is C5H12BF3KNS. The average molecular weight is 225 g/mol. The predicted octanol–water partition coefficient (Wildman–Crippen LogP) is -1.33. The van der Waals surface area contributed by atoms with E-state index in [0.717, 1.165) is 5.75 Å². The number of hydrogen-bond acceptors (Lipinski definition) is 2. The topological polar surface area (TPSA) is 3.24 Å². The van der Waals surface area contributed by atoms with E-state index in [0.29, 0.717) is 6.54 Å². The number of nitrogens with zero attached hydrogens (tertiary/aromatic N) is 1. The molecule has 0 fully saturated rings. The van der Waals surface area contributed by atoms with Crippen molar-refractivity contribution in [3.63, 3.8) is 0 Å². The van der Waals surface area contributed by atoms with Crippen LogP contribution in [-0.2, 0) is 0 Å². The van der Waals surface area contributed by atoms with Crippen LogP contribution in [0.15, 0.2) is 0 Å². The van der Waals surface area contributed by atoms with Gasteiger partial charge in [0.05, 0.1) is 0 Å². The monoisotopic (exact) mass is 225 g/mol. The van der Waals surface area contributed by atoms with Crippen LogP contribution in [0.5, 0.6) is 0 Å². The molecule has 0 heterocycles. The van der Waals surface area contributed by atoms with E-state index in [4.69, 9.17) is 0 Å². The van der Waals surface area contributed by atoms with Crippen LogP contribution in [0.25, 0.3) is 0 Å². The number of hydrogen-bond donors (Lipinski definition) is 0. The van der Waals surface area contributed by atoms with E-state index < -0.39 is 13.4 Å². The molecular weight excluding hydrogens is 213 g/mol. The molecule has 0 saturated carbocycles. The van der Waals surface area contributed by atoms with Crippen LogP contribution in [0.4, 0.5) is 12.9 Å². The third-order valence-electron chi connectivity index (χ3n) is 1.20. The van der Waals surface area contributed by atoms with Gasteiger partial charge in [-0.1, -0.05) is 0 Å². The summed E-state index contributed by atoms with van der Waals surface area (Å²) < 4.78 is 35.2. The van der Waals surface area contributed by atoms with Crippen molar-refractivity contribution < 1.29 is 64.3 Å². The molecule has 0 unspecified atom stereocenters. The molecule has 0 aliphatic rings. The van der Waals surface area contributed by atoms with Crippen molar-refractivity contribution in [2.24, 2.45) is 0 Å². The second-order valence-electron chi connectivity index (χ2n) is 2.47. The summed E-state index contributed by atoms with van der Waals surface area (Å²) in [5.74, 6) is 0.753. The van der Waals surface area contributed by atoms with E-state index >= 15 is 0 Å². The summed E-state index contributed by atoms with van der Waals surface area (Å²) in [6.07, 6.45) is 1.13. The summed E-state index contributed by atoms with van der Waals surface area (Å²) in [5, 5.41) is 0. The summed E-state index contributed by atoms with van der Waals surface area (Å²) >= 11 is 1.55. The molecule has 0 amide bonds. The molecule has 12 heavy (non-hydrogen) atoms. The maximum absolute atomic E-state index is 11.7. The Balaban J connectivity index is 0. The van der Waals surface area contributed by atoms with E-state index in [1.54, 1.807) is 11.8 Å². The average Bonchev–Trinajstić information content (AvgIpc) is 1.79. The predicted molar refractivity (Wildman–Crippen MR) is 45.0 cm³/mol. The van der Waals surface area contributed by atoms with Crippen LogP contribution >= 0.6 is 11.8 Å². The van der Waals surface area contributed by atoms with Crippen molar-refractivity contribution >= 4 is 18.7 Å². The smallest absolute Gasteiger partial charge is 0.448 e. The van der Waals surface area contributed by atoms with Gasteiger partial charge in [0.1, 0.15) is 0 Å². The van der Waals surface area contributed by atoms with E-state index in [2.05, 4.69) is 0 Å². The standard InChI is InChI=1S/C5H12BF3NS.K/c1-10(3-4-11-2)5-6(7,8)9;/h3-5H2,1-2H3;/q-1;+1. The first-order valence-corrected chi connectivity index (χ1v) is 4.73. The molecule has 0 aliphatic carbocycles. The maximum atomic E-state index is 11.7. The van der Waals surface area contributed by atoms with Crippen LogP contribution in [0, 0.1) is 0 Å². The molecule has 0 spiro atoms. The third-order valence-corrected chi connectivity index (χ3v) is 1.79. The van der Waals surface area contributed by atoms with E-state index in [-0.39, 0.29) is 51.4 Å². The number of rotatable bonds is 5. The van der Waals surface area contributed by atoms with Gasteiger partial charge in [-0.3, -0.25) is 0 Å². The van der Waals surface area contributed by atoms with Gasteiger partial charge in [-0.15, -0.1) is 0 Å². The first-order chi connectivity index (χ1) is 4.95. The summed E-state index contributed by atoms with van der Waals surface area (Å²) in [7, 11) is 1.49. The molecule has 0 aliphatic heterocycles. The van der Waals surface area contributed by atoms with Crippen LogP contribution in [0.2, 0.25) is 0 Å². The molecule has 7 heteroatoms. The Bertz CT molecular complexity index is 113. The number of thioether (sulfide) groups is 1. The minimum atomic E-state index is -4.64. The van der Waals surface area contributed by atoms with Gasteiger partial charge in [-0.25, -0.2) is 0 Å². The largest absolute Gasteiger partial charge is 1.00 e. The summed E-state index contributed by atoms with van der Waals surface area (Å²) in [4.78, 5) is 1.30. The van der Waals surface area contributed by atoms with Crippen molar-refractivity contribution in [1.29, 1.82) is 0 Å². The van der Waals surface area contributed by atoms with Gasteiger partial charge < -0.3 is 17.8 Å². The van der Waals surface area contributed by atoms with Crippen molar-refractivity contribution in [1.82, 2.24) is 4.90 Å². The van der Waals surface area contributed by atoms with Gasteiger partial charge in [-0.05, 0) is 19.7 Å². The Hall–Kier alpha value is 1.80. The van der Waals surface area contributed by atoms with Crippen LogP contribution in [-0.4, -0.2) is 43.9 Å².